The van der Waals surface area contributed by atoms with E-state index < -0.39 is 11.2 Å². The SMILES string of the molecule is COc1cc(OC)c2c(c1)OC1(CCN(C(=O)c3cc4ccccc4oc3=O)CC1)CC2=O. The molecule has 0 atom stereocenters. The molecule has 0 bridgehead atoms. The number of likely N-dealkylation sites (tertiary alicyclic amines) is 1. The average Bonchev–Trinajstić information content (AvgIpc) is 2.82. The standard InChI is InChI=1S/C25H23NO7/c1-30-16-12-20(31-2)22-18(27)14-25(33-21(22)13-16)7-9-26(10-8-25)23(28)17-11-15-5-3-4-6-19(15)32-24(17)29/h3-6,11-13H,7-10,14H2,1-2H3. The van der Waals surface area contributed by atoms with E-state index in [1.165, 1.54) is 14.2 Å². The third-order valence-electron chi connectivity index (χ3n) is 6.42. The Kier molecular flexibility index (Phi) is 5.08. The average molecular weight is 449 g/mol. The first-order chi connectivity index (χ1) is 15.9. The number of fused-ring (bicyclic) bond motifs is 2. The highest BCUT2D eigenvalue weighted by Crippen LogP contribution is 2.44. The van der Waals surface area contributed by atoms with Gasteiger partial charge >= 0.3 is 5.63 Å². The molecule has 3 heterocycles. The van der Waals surface area contributed by atoms with E-state index in [0.29, 0.717) is 59.7 Å². The van der Waals surface area contributed by atoms with E-state index in [1.54, 1.807) is 41.3 Å². The van der Waals surface area contributed by atoms with Crippen molar-refractivity contribution in [3.05, 3.63) is 64.0 Å². The summed E-state index contributed by atoms with van der Waals surface area (Å²) >= 11 is 0. The summed E-state index contributed by atoms with van der Waals surface area (Å²) in [5.74, 6) is 0.935. The summed E-state index contributed by atoms with van der Waals surface area (Å²) in [6.45, 7) is 0.712. The Balaban J connectivity index is 1.37. The predicted molar refractivity (Wildman–Crippen MR) is 119 cm³/mol. The van der Waals surface area contributed by atoms with Crippen molar-refractivity contribution in [2.24, 2.45) is 0 Å². The maximum absolute atomic E-state index is 13.1. The van der Waals surface area contributed by atoms with Gasteiger partial charge in [-0.3, -0.25) is 9.59 Å². The van der Waals surface area contributed by atoms with E-state index in [1.807, 2.05) is 6.07 Å². The highest BCUT2D eigenvalue weighted by Gasteiger charge is 2.45. The van der Waals surface area contributed by atoms with Crippen LogP contribution in [0.1, 0.15) is 40.0 Å². The number of ether oxygens (including phenoxy) is 3. The number of Topliss-reactive ketones (excluding diaryl/α,β-unsaturated/α-hetero) is 1. The van der Waals surface area contributed by atoms with Crippen LogP contribution in [-0.4, -0.2) is 49.5 Å². The monoisotopic (exact) mass is 449 g/mol. The van der Waals surface area contributed by atoms with Gasteiger partial charge in [0.25, 0.3) is 5.91 Å². The number of para-hydroxylation sites is 1. The number of rotatable bonds is 3. The first-order valence-electron chi connectivity index (χ1n) is 10.7. The molecule has 1 saturated heterocycles. The molecule has 3 aromatic rings. The van der Waals surface area contributed by atoms with Gasteiger partial charge in [-0.05, 0) is 12.1 Å². The molecule has 1 aromatic heterocycles. The van der Waals surface area contributed by atoms with Crippen LogP contribution in [0.15, 0.2) is 51.7 Å². The molecule has 0 radical (unpaired) electrons. The van der Waals surface area contributed by atoms with E-state index in [0.717, 1.165) is 0 Å². The summed E-state index contributed by atoms with van der Waals surface area (Å²) in [6, 6.07) is 12.0. The number of carbonyl (C=O) groups excluding carboxylic acids is 2. The molecule has 1 spiro atoms. The highest BCUT2D eigenvalue weighted by atomic mass is 16.5. The molecule has 170 valence electrons. The molecular weight excluding hydrogens is 426 g/mol. The van der Waals surface area contributed by atoms with E-state index in [2.05, 4.69) is 0 Å². The van der Waals surface area contributed by atoms with Crippen LogP contribution in [-0.2, 0) is 0 Å². The second kappa shape index (κ2) is 7.95. The maximum atomic E-state index is 13.1. The summed E-state index contributed by atoms with van der Waals surface area (Å²) in [7, 11) is 3.04. The van der Waals surface area contributed by atoms with Crippen LogP contribution in [0.4, 0.5) is 0 Å². The van der Waals surface area contributed by atoms with Crippen LogP contribution < -0.4 is 19.8 Å². The van der Waals surface area contributed by atoms with E-state index in [-0.39, 0.29) is 23.7 Å². The fourth-order valence-corrected chi connectivity index (χ4v) is 4.63. The fraction of sp³-hybridized carbons (Fsp3) is 0.320. The van der Waals surface area contributed by atoms with Crippen molar-refractivity contribution >= 4 is 22.7 Å². The van der Waals surface area contributed by atoms with Gasteiger partial charge in [0.2, 0.25) is 0 Å². The minimum Gasteiger partial charge on any atom is -0.496 e. The lowest BCUT2D eigenvalue weighted by Gasteiger charge is -2.44. The Bertz CT molecular complexity index is 1320. The number of piperidine rings is 1. The van der Waals surface area contributed by atoms with E-state index >= 15 is 0 Å². The van der Waals surface area contributed by atoms with Gasteiger partial charge in [-0.1, -0.05) is 18.2 Å². The minimum absolute atomic E-state index is 0.00473. The number of hydrogen-bond donors (Lipinski definition) is 0. The Morgan fingerprint density at radius 3 is 2.52 bits per heavy atom. The van der Waals surface area contributed by atoms with E-state index in [9.17, 15) is 14.4 Å². The van der Waals surface area contributed by atoms with Crippen LogP contribution in [0.25, 0.3) is 11.0 Å². The van der Waals surface area contributed by atoms with Gasteiger partial charge in [0.15, 0.2) is 5.78 Å². The molecule has 8 nitrogen and oxygen atoms in total. The number of amides is 1. The smallest absolute Gasteiger partial charge is 0.349 e. The first-order valence-corrected chi connectivity index (χ1v) is 10.7. The zero-order chi connectivity index (χ0) is 23.2. The lowest BCUT2D eigenvalue weighted by molar-refractivity contribution is -0.00618. The summed E-state index contributed by atoms with van der Waals surface area (Å²) in [5.41, 5.74) is -0.514. The lowest BCUT2D eigenvalue weighted by Crippen LogP contribution is -2.52. The van der Waals surface area contributed by atoms with Crippen molar-refractivity contribution in [1.82, 2.24) is 4.90 Å². The number of ketones is 1. The van der Waals surface area contributed by atoms with Crippen LogP contribution >= 0.6 is 0 Å². The van der Waals surface area contributed by atoms with Crippen molar-refractivity contribution in [2.45, 2.75) is 24.9 Å². The lowest BCUT2D eigenvalue weighted by atomic mass is 9.82. The number of carbonyl (C=O) groups is 2. The summed E-state index contributed by atoms with van der Waals surface area (Å²) in [5, 5.41) is 0.689. The van der Waals surface area contributed by atoms with Gasteiger partial charge in [-0.25, -0.2) is 4.79 Å². The molecule has 2 aliphatic rings. The molecule has 5 rings (SSSR count). The fourth-order valence-electron chi connectivity index (χ4n) is 4.63. The second-order valence-corrected chi connectivity index (χ2v) is 8.37. The minimum atomic E-state index is -0.716. The molecule has 2 aliphatic heterocycles. The molecular formula is C25H23NO7. The van der Waals surface area contributed by atoms with Gasteiger partial charge in [-0.15, -0.1) is 0 Å². The van der Waals surface area contributed by atoms with Gasteiger partial charge in [-0.2, -0.15) is 0 Å². The molecule has 0 saturated carbocycles. The van der Waals surface area contributed by atoms with Crippen LogP contribution in [0, 0.1) is 0 Å². The summed E-state index contributed by atoms with van der Waals surface area (Å²) in [4.78, 5) is 40.1. The van der Waals surface area contributed by atoms with Crippen LogP contribution in [0.5, 0.6) is 17.2 Å². The zero-order valence-corrected chi connectivity index (χ0v) is 18.4. The number of nitrogens with zero attached hydrogens (tertiary/aromatic N) is 1. The van der Waals surface area contributed by atoms with Gasteiger partial charge in [0, 0.05) is 43.5 Å². The third kappa shape index (κ3) is 3.61. The largest absolute Gasteiger partial charge is 0.496 e. The molecule has 0 aliphatic carbocycles. The quantitative estimate of drug-likeness (QED) is 0.565. The molecule has 0 unspecified atom stereocenters. The maximum Gasteiger partial charge on any atom is 0.349 e. The molecule has 1 amide bonds. The second-order valence-electron chi connectivity index (χ2n) is 8.37. The van der Waals surface area contributed by atoms with Crippen molar-refractivity contribution < 1.29 is 28.2 Å². The molecule has 33 heavy (non-hydrogen) atoms. The third-order valence-corrected chi connectivity index (χ3v) is 6.42. The van der Waals surface area contributed by atoms with Crippen molar-refractivity contribution in [3.63, 3.8) is 0 Å². The Morgan fingerprint density at radius 2 is 1.79 bits per heavy atom. The normalized spacial score (nSPS) is 16.9. The molecule has 1 fully saturated rings. The number of benzene rings is 2. The zero-order valence-electron chi connectivity index (χ0n) is 18.4. The van der Waals surface area contributed by atoms with Crippen LogP contribution in [0.2, 0.25) is 0 Å². The van der Waals surface area contributed by atoms with Gasteiger partial charge < -0.3 is 23.5 Å². The Morgan fingerprint density at radius 1 is 1.03 bits per heavy atom. The van der Waals surface area contributed by atoms with Gasteiger partial charge in [0.1, 0.15) is 39.6 Å². The molecule has 2 aromatic carbocycles. The van der Waals surface area contributed by atoms with Crippen molar-refractivity contribution in [1.29, 1.82) is 0 Å². The molecule has 0 N–H and O–H groups in total. The van der Waals surface area contributed by atoms with Crippen LogP contribution in [0.3, 0.4) is 0 Å². The summed E-state index contributed by atoms with van der Waals surface area (Å²) < 4.78 is 22.3. The number of hydrogen-bond acceptors (Lipinski definition) is 7. The van der Waals surface area contributed by atoms with Crippen molar-refractivity contribution in [3.8, 4) is 17.2 Å². The highest BCUT2D eigenvalue weighted by molar-refractivity contribution is 6.03. The predicted octanol–water partition coefficient (Wildman–Crippen LogP) is 3.45. The molecule has 8 heteroatoms. The van der Waals surface area contributed by atoms with Crippen molar-refractivity contribution in [2.75, 3.05) is 27.3 Å². The summed E-state index contributed by atoms with van der Waals surface area (Å²) in [6.07, 6.45) is 1.12. The topological polar surface area (TPSA) is 95.3 Å². The van der Waals surface area contributed by atoms with E-state index in [4.69, 9.17) is 18.6 Å². The Labute approximate surface area is 189 Å². The first kappa shape index (κ1) is 21.1. The Hall–Kier alpha value is -3.81. The van der Waals surface area contributed by atoms with Gasteiger partial charge in [0.05, 0.1) is 20.6 Å². The number of methoxy groups -OCH3 is 2.